The van der Waals surface area contributed by atoms with Gasteiger partial charge in [0, 0.05) is 17.4 Å². The lowest BCUT2D eigenvalue weighted by Crippen LogP contribution is -2.05. The molecule has 6 heteroatoms. The molecule has 2 N–H and O–H groups in total. The molecule has 0 saturated heterocycles. The van der Waals surface area contributed by atoms with Crippen LogP contribution in [0.4, 0.5) is 23.0 Å². The molecule has 3 aromatic rings. The highest BCUT2D eigenvalue weighted by Gasteiger charge is 2.02. The van der Waals surface area contributed by atoms with Gasteiger partial charge in [0.2, 0.25) is 0 Å². The molecule has 0 bridgehead atoms. The van der Waals surface area contributed by atoms with Crippen LogP contribution in [0.1, 0.15) is 19.4 Å². The fourth-order valence-corrected chi connectivity index (χ4v) is 2.31. The van der Waals surface area contributed by atoms with E-state index in [4.69, 9.17) is 10.00 Å². The topological polar surface area (TPSA) is 82.9 Å². The van der Waals surface area contributed by atoms with Crippen molar-refractivity contribution in [2.24, 2.45) is 0 Å². The minimum Gasteiger partial charge on any atom is -0.491 e. The minimum atomic E-state index is 0.145. The zero-order chi connectivity index (χ0) is 18.4. The molecule has 0 radical (unpaired) electrons. The number of nitriles is 1. The lowest BCUT2D eigenvalue weighted by molar-refractivity contribution is 0.242. The second kappa shape index (κ2) is 7.99. The maximum atomic E-state index is 8.85. The van der Waals surface area contributed by atoms with Crippen LogP contribution in [-0.4, -0.2) is 16.1 Å². The monoisotopic (exact) mass is 345 g/mol. The number of hydrogen-bond donors (Lipinski definition) is 2. The molecule has 1 aromatic heterocycles. The highest BCUT2D eigenvalue weighted by Crippen LogP contribution is 2.22. The molecule has 0 fully saturated rings. The first-order chi connectivity index (χ1) is 12.6. The molecule has 1 heterocycles. The number of anilines is 4. The van der Waals surface area contributed by atoms with E-state index >= 15 is 0 Å². The third-order valence-corrected chi connectivity index (χ3v) is 3.45. The SMILES string of the molecule is CC(C)Oc1ccc(Nc2cc(Nc3ccc(C#N)cc3)ncn2)cc1. The third-order valence-electron chi connectivity index (χ3n) is 3.45. The Hall–Kier alpha value is -3.59. The van der Waals surface area contributed by atoms with E-state index < -0.39 is 0 Å². The van der Waals surface area contributed by atoms with Crippen LogP contribution >= 0.6 is 0 Å². The smallest absolute Gasteiger partial charge is 0.135 e. The van der Waals surface area contributed by atoms with Crippen molar-refractivity contribution in [1.82, 2.24) is 9.97 Å². The van der Waals surface area contributed by atoms with Gasteiger partial charge in [-0.05, 0) is 62.4 Å². The van der Waals surface area contributed by atoms with Crippen LogP contribution in [-0.2, 0) is 0 Å². The summed E-state index contributed by atoms with van der Waals surface area (Å²) < 4.78 is 5.64. The van der Waals surface area contributed by atoms with Gasteiger partial charge in [-0.2, -0.15) is 5.26 Å². The molecule has 3 rings (SSSR count). The summed E-state index contributed by atoms with van der Waals surface area (Å²) in [6.07, 6.45) is 1.64. The summed E-state index contributed by atoms with van der Waals surface area (Å²) in [6, 6.07) is 18.8. The van der Waals surface area contributed by atoms with Gasteiger partial charge in [0.15, 0.2) is 0 Å². The normalized spacial score (nSPS) is 10.2. The second-order valence-electron chi connectivity index (χ2n) is 5.92. The second-order valence-corrected chi connectivity index (χ2v) is 5.92. The number of aromatic nitrogens is 2. The summed E-state index contributed by atoms with van der Waals surface area (Å²) in [5.74, 6) is 2.16. The Morgan fingerprint density at radius 3 is 1.92 bits per heavy atom. The molecule has 2 aromatic carbocycles. The minimum absolute atomic E-state index is 0.145. The van der Waals surface area contributed by atoms with Crippen LogP contribution in [0.2, 0.25) is 0 Å². The maximum absolute atomic E-state index is 8.85. The van der Waals surface area contributed by atoms with Crippen molar-refractivity contribution < 1.29 is 4.74 Å². The molecule has 0 spiro atoms. The molecule has 6 nitrogen and oxygen atoms in total. The van der Waals surface area contributed by atoms with Gasteiger partial charge in [-0.25, -0.2) is 9.97 Å². The highest BCUT2D eigenvalue weighted by molar-refractivity contribution is 5.63. The zero-order valence-electron chi connectivity index (χ0n) is 14.6. The van der Waals surface area contributed by atoms with Gasteiger partial charge in [0.1, 0.15) is 23.7 Å². The Morgan fingerprint density at radius 1 is 0.885 bits per heavy atom. The van der Waals surface area contributed by atoms with Gasteiger partial charge < -0.3 is 15.4 Å². The number of rotatable bonds is 6. The molecular weight excluding hydrogens is 326 g/mol. The Balaban J connectivity index is 1.67. The van der Waals surface area contributed by atoms with Gasteiger partial charge in [-0.3, -0.25) is 0 Å². The highest BCUT2D eigenvalue weighted by atomic mass is 16.5. The Labute approximate surface area is 152 Å². The van der Waals surface area contributed by atoms with Gasteiger partial charge >= 0.3 is 0 Å². The van der Waals surface area contributed by atoms with Gasteiger partial charge in [0.25, 0.3) is 0 Å². The van der Waals surface area contributed by atoms with Crippen LogP contribution in [0, 0.1) is 11.3 Å². The van der Waals surface area contributed by atoms with Crippen LogP contribution in [0.5, 0.6) is 5.75 Å². The summed E-state index contributed by atoms with van der Waals surface area (Å²) in [4.78, 5) is 8.46. The van der Waals surface area contributed by atoms with Crippen LogP contribution in [0.15, 0.2) is 60.9 Å². The first-order valence-electron chi connectivity index (χ1n) is 8.25. The van der Waals surface area contributed by atoms with Crippen LogP contribution < -0.4 is 15.4 Å². The summed E-state index contributed by atoms with van der Waals surface area (Å²) in [5.41, 5.74) is 2.37. The quantitative estimate of drug-likeness (QED) is 0.678. The summed E-state index contributed by atoms with van der Waals surface area (Å²) in [6.45, 7) is 3.99. The molecule has 0 unspecified atom stereocenters. The number of hydrogen-bond acceptors (Lipinski definition) is 6. The van der Waals surface area contributed by atoms with E-state index in [2.05, 4.69) is 26.7 Å². The predicted octanol–water partition coefficient (Wildman–Crippen LogP) is 4.62. The Morgan fingerprint density at radius 2 is 1.42 bits per heavy atom. The van der Waals surface area contributed by atoms with Crippen molar-refractivity contribution in [2.45, 2.75) is 20.0 Å². The van der Waals surface area contributed by atoms with E-state index in [0.29, 0.717) is 17.2 Å². The van der Waals surface area contributed by atoms with Crippen molar-refractivity contribution in [1.29, 1.82) is 5.26 Å². The average Bonchev–Trinajstić information content (AvgIpc) is 2.64. The molecule has 0 aliphatic rings. The van der Waals surface area contributed by atoms with Gasteiger partial charge in [-0.1, -0.05) is 0 Å². The molecular formula is C20H19N5O. The molecule has 0 amide bonds. The van der Waals surface area contributed by atoms with Crippen LogP contribution in [0.3, 0.4) is 0 Å². The fraction of sp³-hybridized carbons (Fsp3) is 0.150. The van der Waals surface area contributed by atoms with E-state index in [1.807, 2.05) is 56.3 Å². The van der Waals surface area contributed by atoms with Crippen molar-refractivity contribution in [3.05, 3.63) is 66.5 Å². The fourth-order valence-electron chi connectivity index (χ4n) is 2.31. The molecule has 0 saturated carbocycles. The Kier molecular flexibility index (Phi) is 5.30. The lowest BCUT2D eigenvalue weighted by Gasteiger charge is -2.11. The van der Waals surface area contributed by atoms with Gasteiger partial charge in [-0.15, -0.1) is 0 Å². The summed E-state index contributed by atoms with van der Waals surface area (Å²) >= 11 is 0. The van der Waals surface area contributed by atoms with Crippen molar-refractivity contribution in [3.63, 3.8) is 0 Å². The lowest BCUT2D eigenvalue weighted by atomic mass is 10.2. The third kappa shape index (κ3) is 4.71. The van der Waals surface area contributed by atoms with E-state index in [1.54, 1.807) is 12.1 Å². The van der Waals surface area contributed by atoms with Crippen molar-refractivity contribution in [3.8, 4) is 11.8 Å². The first kappa shape index (κ1) is 17.2. The number of benzene rings is 2. The standard InChI is InChI=1S/C20H19N5O/c1-14(2)26-18-9-7-17(8-10-18)25-20-11-19(22-13-23-20)24-16-5-3-15(12-21)4-6-16/h3-11,13-14H,1-2H3,(H2,22,23,24,25). The van der Waals surface area contributed by atoms with Crippen molar-refractivity contribution in [2.75, 3.05) is 10.6 Å². The largest absolute Gasteiger partial charge is 0.491 e. The molecule has 0 aliphatic heterocycles. The van der Waals surface area contributed by atoms with E-state index in [9.17, 15) is 0 Å². The first-order valence-corrected chi connectivity index (χ1v) is 8.25. The summed E-state index contributed by atoms with van der Waals surface area (Å²) in [5, 5.41) is 15.3. The van der Waals surface area contributed by atoms with Gasteiger partial charge in [0.05, 0.1) is 17.7 Å². The number of nitrogens with one attached hydrogen (secondary N) is 2. The molecule has 0 atom stereocenters. The molecule has 0 aliphatic carbocycles. The predicted molar refractivity (Wildman–Crippen MR) is 102 cm³/mol. The number of ether oxygens (including phenoxy) is 1. The molecule has 26 heavy (non-hydrogen) atoms. The molecule has 130 valence electrons. The zero-order valence-corrected chi connectivity index (χ0v) is 14.6. The maximum Gasteiger partial charge on any atom is 0.135 e. The van der Waals surface area contributed by atoms with E-state index in [0.717, 1.165) is 17.1 Å². The average molecular weight is 345 g/mol. The van der Waals surface area contributed by atoms with E-state index in [1.165, 1.54) is 6.33 Å². The van der Waals surface area contributed by atoms with Crippen LogP contribution in [0.25, 0.3) is 0 Å². The Bertz CT molecular complexity index is 899. The number of nitrogens with zero attached hydrogens (tertiary/aromatic N) is 3. The van der Waals surface area contributed by atoms with Crippen molar-refractivity contribution >= 4 is 23.0 Å². The summed E-state index contributed by atoms with van der Waals surface area (Å²) in [7, 11) is 0. The van der Waals surface area contributed by atoms with E-state index in [-0.39, 0.29) is 6.10 Å².